The summed E-state index contributed by atoms with van der Waals surface area (Å²) in [6.07, 6.45) is 3.65. The third-order valence-electron chi connectivity index (χ3n) is 11.9. The van der Waals surface area contributed by atoms with E-state index in [1.54, 1.807) is 32.1 Å². The molecule has 2 spiro atoms. The summed E-state index contributed by atoms with van der Waals surface area (Å²) in [4.78, 5) is 55.4. The maximum Gasteiger partial charge on any atom is 0.342 e. The average Bonchev–Trinajstić information content (AvgIpc) is 3.16. The second-order valence-corrected chi connectivity index (χ2v) is 13.2. The van der Waals surface area contributed by atoms with Gasteiger partial charge in [-0.05, 0) is 50.0 Å². The van der Waals surface area contributed by atoms with E-state index in [1.165, 1.54) is 0 Å². The van der Waals surface area contributed by atoms with E-state index in [-0.39, 0.29) is 38.1 Å². The molecule has 0 aromatic rings. The summed E-state index contributed by atoms with van der Waals surface area (Å²) in [5.41, 5.74) is -7.17. The Morgan fingerprint density at radius 2 is 1.87 bits per heavy atom. The van der Waals surface area contributed by atoms with E-state index in [2.05, 4.69) is 0 Å². The molecule has 10 heteroatoms. The molecule has 1 saturated carbocycles. The van der Waals surface area contributed by atoms with Gasteiger partial charge in [-0.3, -0.25) is 14.4 Å². The molecule has 10 nitrogen and oxygen atoms in total. The average molecular weight is 527 g/mol. The number of fused-ring (bicyclic) bond motifs is 5. The van der Waals surface area contributed by atoms with Crippen LogP contribution in [-0.2, 0) is 38.1 Å². The highest BCUT2D eigenvalue weighted by Crippen LogP contribution is 2.74. The molecule has 0 radical (unpaired) electrons. The van der Waals surface area contributed by atoms with Crippen LogP contribution in [0.5, 0.6) is 0 Å². The third-order valence-corrected chi connectivity index (χ3v) is 11.9. The SMILES string of the molecule is C[C@]12C(=O)C[C@H](O)C=C1C=C[C@H]1[C@H]2CC[C@]2(O)C(=O)O[C@@]3(C)[C@@H]4C[C@]5(C)[C@H]6C(=O)[C@]1(OC[C@H]5C(=O)O4)O[C@@]632. The topological polar surface area (TPSA) is 146 Å². The molecule has 12 atom stereocenters. The normalized spacial score (nSPS) is 59.2. The van der Waals surface area contributed by atoms with Crippen LogP contribution in [0.15, 0.2) is 23.8 Å². The van der Waals surface area contributed by atoms with E-state index in [0.717, 1.165) is 0 Å². The molecule has 0 amide bonds. The molecule has 5 aliphatic heterocycles. The Bertz CT molecular complexity index is 1330. The molecule has 3 aliphatic carbocycles. The zero-order valence-electron chi connectivity index (χ0n) is 21.4. The number of ketones is 2. The molecule has 0 aromatic carbocycles. The van der Waals surface area contributed by atoms with Crippen LogP contribution < -0.4 is 0 Å². The summed E-state index contributed by atoms with van der Waals surface area (Å²) < 4.78 is 25.0. The number of rotatable bonds is 0. The lowest BCUT2D eigenvalue weighted by Gasteiger charge is -2.62. The smallest absolute Gasteiger partial charge is 0.342 e. The quantitative estimate of drug-likeness (QED) is 0.429. The summed E-state index contributed by atoms with van der Waals surface area (Å²) in [7, 11) is 0. The highest BCUT2D eigenvalue weighted by Gasteiger charge is 2.93. The predicted octanol–water partition coefficient (Wildman–Crippen LogP) is 0.528. The van der Waals surface area contributed by atoms with Crippen LogP contribution in [0.25, 0.3) is 0 Å². The van der Waals surface area contributed by atoms with E-state index in [1.807, 2.05) is 6.92 Å². The van der Waals surface area contributed by atoms with Crippen molar-refractivity contribution >= 4 is 23.5 Å². The van der Waals surface area contributed by atoms with Crippen LogP contribution in [0, 0.1) is 34.5 Å². The van der Waals surface area contributed by atoms with Gasteiger partial charge in [0.25, 0.3) is 0 Å². The van der Waals surface area contributed by atoms with Crippen LogP contribution >= 0.6 is 0 Å². The van der Waals surface area contributed by atoms with Crippen LogP contribution in [0.3, 0.4) is 0 Å². The Kier molecular flexibility index (Phi) is 3.91. The van der Waals surface area contributed by atoms with E-state index in [9.17, 15) is 29.4 Å². The van der Waals surface area contributed by atoms with Crippen LogP contribution in [0.2, 0.25) is 0 Å². The number of hydrogen-bond acceptors (Lipinski definition) is 10. The monoisotopic (exact) mass is 526 g/mol. The Balaban J connectivity index is 1.43. The van der Waals surface area contributed by atoms with E-state index < -0.39 is 87.0 Å². The Hall–Kier alpha value is -2.40. The van der Waals surface area contributed by atoms with E-state index >= 15 is 0 Å². The van der Waals surface area contributed by atoms with E-state index in [4.69, 9.17) is 18.9 Å². The lowest BCUT2D eigenvalue weighted by atomic mass is 9.46. The second-order valence-electron chi connectivity index (χ2n) is 13.2. The highest BCUT2D eigenvalue weighted by atomic mass is 16.8. The largest absolute Gasteiger partial charge is 0.458 e. The van der Waals surface area contributed by atoms with Gasteiger partial charge in [0, 0.05) is 12.3 Å². The van der Waals surface area contributed by atoms with Gasteiger partial charge in [0.05, 0.1) is 30.0 Å². The number of allylic oxidation sites excluding steroid dienone is 2. The van der Waals surface area contributed by atoms with Crippen molar-refractivity contribution in [3.63, 3.8) is 0 Å². The minimum atomic E-state index is -2.23. The first kappa shape index (κ1) is 23.5. The molecular formula is C28H30O10. The van der Waals surface area contributed by atoms with Crippen LogP contribution in [0.4, 0.5) is 0 Å². The molecule has 5 saturated heterocycles. The zero-order valence-corrected chi connectivity index (χ0v) is 21.4. The van der Waals surface area contributed by atoms with Crippen LogP contribution in [0.1, 0.15) is 46.5 Å². The Morgan fingerprint density at radius 1 is 1.11 bits per heavy atom. The van der Waals surface area contributed by atoms with Crippen molar-refractivity contribution in [1.82, 2.24) is 0 Å². The second kappa shape index (κ2) is 6.32. The number of hydrogen-bond donors (Lipinski definition) is 2. The zero-order chi connectivity index (χ0) is 26.8. The molecule has 0 unspecified atom stereocenters. The maximum atomic E-state index is 14.8. The molecule has 8 aliphatic rings. The molecule has 5 bridgehead atoms. The minimum Gasteiger partial charge on any atom is -0.458 e. The Labute approximate surface area is 218 Å². The van der Waals surface area contributed by atoms with Gasteiger partial charge in [0.15, 0.2) is 22.6 Å². The lowest BCUT2D eigenvalue weighted by molar-refractivity contribution is -0.370. The first-order valence-electron chi connectivity index (χ1n) is 13.5. The number of aliphatic hydroxyl groups excluding tert-OH is 1. The van der Waals surface area contributed by atoms with Gasteiger partial charge in [-0.2, -0.15) is 0 Å². The van der Waals surface area contributed by atoms with Gasteiger partial charge >= 0.3 is 11.9 Å². The van der Waals surface area contributed by atoms with Crippen molar-refractivity contribution < 1.29 is 48.3 Å². The van der Waals surface area contributed by atoms with Crippen molar-refractivity contribution in [2.75, 3.05) is 6.61 Å². The van der Waals surface area contributed by atoms with Gasteiger partial charge < -0.3 is 29.2 Å². The van der Waals surface area contributed by atoms with Gasteiger partial charge in [0.2, 0.25) is 5.79 Å². The van der Waals surface area contributed by atoms with Crippen molar-refractivity contribution in [2.24, 2.45) is 34.5 Å². The van der Waals surface area contributed by atoms with Crippen molar-refractivity contribution in [3.8, 4) is 0 Å². The van der Waals surface area contributed by atoms with Gasteiger partial charge in [-0.25, -0.2) is 4.79 Å². The molecule has 202 valence electrons. The molecule has 38 heavy (non-hydrogen) atoms. The molecular weight excluding hydrogens is 496 g/mol. The van der Waals surface area contributed by atoms with Crippen LogP contribution in [-0.4, -0.2) is 75.1 Å². The fraction of sp³-hybridized carbons (Fsp3) is 0.714. The molecule has 6 fully saturated rings. The summed E-state index contributed by atoms with van der Waals surface area (Å²) in [5.74, 6) is -7.21. The predicted molar refractivity (Wildman–Crippen MR) is 124 cm³/mol. The van der Waals surface area contributed by atoms with Crippen molar-refractivity contribution in [3.05, 3.63) is 23.8 Å². The maximum absolute atomic E-state index is 14.8. The van der Waals surface area contributed by atoms with Crippen molar-refractivity contribution in [2.45, 2.75) is 81.3 Å². The highest BCUT2D eigenvalue weighted by molar-refractivity contribution is 6.00. The number of carbonyl (C=O) groups is 4. The Morgan fingerprint density at radius 3 is 2.63 bits per heavy atom. The summed E-state index contributed by atoms with van der Waals surface area (Å²) in [5, 5.41) is 22.7. The number of esters is 2. The van der Waals surface area contributed by atoms with E-state index in [0.29, 0.717) is 5.57 Å². The molecule has 5 heterocycles. The van der Waals surface area contributed by atoms with Gasteiger partial charge in [-0.1, -0.05) is 25.2 Å². The number of ether oxygens (including phenoxy) is 4. The first-order chi connectivity index (χ1) is 17.8. The number of aliphatic hydroxyl groups is 2. The minimum absolute atomic E-state index is 0.0790. The third kappa shape index (κ3) is 2.03. The number of Topliss-reactive ketones (excluding diaryl/α,β-unsaturated/α-hetero) is 2. The van der Waals surface area contributed by atoms with Gasteiger partial charge in [0.1, 0.15) is 11.9 Å². The number of carbonyl (C=O) groups excluding carboxylic acids is 4. The summed E-state index contributed by atoms with van der Waals surface area (Å²) >= 11 is 0. The molecule has 2 N–H and O–H groups in total. The molecule has 8 rings (SSSR count). The standard InChI is InChI=1S/C28H30O10/c1-23-10-18-25(3)28-19(23)20(31)27(38-28,35-11-16(23)21(32)36-18)15-5-4-12-8-13(29)9-17(30)24(12,2)14(15)6-7-26(28,34)22(33)37-25/h4-5,8,13-16,18-19,29,34H,6-7,9-11H2,1-3H3/t13-,14-,15+,16+,18+,19-,23+,24+,25+,26+,27-,28+/m1/s1. The fourth-order valence-corrected chi connectivity index (χ4v) is 9.89. The summed E-state index contributed by atoms with van der Waals surface area (Å²) in [6, 6.07) is 0. The first-order valence-corrected chi connectivity index (χ1v) is 13.5. The molecule has 0 aromatic heterocycles. The fourth-order valence-electron chi connectivity index (χ4n) is 9.89. The summed E-state index contributed by atoms with van der Waals surface area (Å²) in [6.45, 7) is 5.07. The van der Waals surface area contributed by atoms with Crippen molar-refractivity contribution in [1.29, 1.82) is 0 Å². The lowest BCUT2D eigenvalue weighted by Crippen LogP contribution is -2.79. The van der Waals surface area contributed by atoms with Gasteiger partial charge in [-0.15, -0.1) is 0 Å².